The van der Waals surface area contributed by atoms with Gasteiger partial charge in [-0.3, -0.25) is 9.59 Å². The summed E-state index contributed by atoms with van der Waals surface area (Å²) in [6.07, 6.45) is -1.15. The number of esters is 1. The summed E-state index contributed by atoms with van der Waals surface area (Å²) in [5.74, 6) is -1.60. The summed E-state index contributed by atoms with van der Waals surface area (Å²) in [6.45, 7) is 1.95. The Morgan fingerprint density at radius 2 is 1.58 bits per heavy atom. The molecule has 0 bridgehead atoms. The van der Waals surface area contributed by atoms with E-state index >= 15 is 0 Å². The number of nitrogens with two attached hydrogens (primary N) is 1. The predicted octanol–water partition coefficient (Wildman–Crippen LogP) is 4.11. The van der Waals surface area contributed by atoms with Crippen molar-refractivity contribution in [1.82, 2.24) is 0 Å². The number of anilines is 1. The molecule has 0 aliphatic carbocycles. The number of nitrogens with one attached hydrogen (secondary N) is 1. The summed E-state index contributed by atoms with van der Waals surface area (Å²) in [4.78, 5) is 37.7. The van der Waals surface area contributed by atoms with Gasteiger partial charge in [-0.1, -0.05) is 60.2 Å². The smallest absolute Gasteiger partial charge is 0.340 e. The van der Waals surface area contributed by atoms with Gasteiger partial charge in [0.2, 0.25) is 12.0 Å². The summed E-state index contributed by atoms with van der Waals surface area (Å²) in [5, 5.41) is 2.80. The molecule has 7 heteroatoms. The van der Waals surface area contributed by atoms with Crippen molar-refractivity contribution < 1.29 is 19.1 Å². The number of benzene rings is 3. The summed E-state index contributed by atoms with van der Waals surface area (Å²) in [6, 6.07) is 22.9. The molecule has 0 fully saturated rings. The average Bonchev–Trinajstić information content (AvgIpc) is 2.78. The van der Waals surface area contributed by atoms with Crippen LogP contribution < -0.4 is 11.1 Å². The number of thioether (sulfide) groups is 1. The van der Waals surface area contributed by atoms with Crippen molar-refractivity contribution in [1.29, 1.82) is 0 Å². The highest BCUT2D eigenvalue weighted by molar-refractivity contribution is 8.00. The minimum atomic E-state index is -1.15. The van der Waals surface area contributed by atoms with E-state index in [1.54, 1.807) is 60.7 Å². The first-order valence-electron chi connectivity index (χ1n) is 9.57. The Kier molecular flexibility index (Phi) is 7.45. The summed E-state index contributed by atoms with van der Waals surface area (Å²) in [5.41, 5.74) is 7.69. The number of aryl methyl sites for hydroxylation is 1. The van der Waals surface area contributed by atoms with Crippen LogP contribution in [0.3, 0.4) is 0 Å². The molecule has 31 heavy (non-hydrogen) atoms. The Balaban J connectivity index is 1.84. The van der Waals surface area contributed by atoms with Crippen LogP contribution in [0.25, 0.3) is 0 Å². The minimum absolute atomic E-state index is 0.0281. The van der Waals surface area contributed by atoms with E-state index in [9.17, 15) is 14.4 Å². The van der Waals surface area contributed by atoms with Crippen LogP contribution in [0.4, 0.5) is 5.69 Å². The molecule has 158 valence electrons. The maximum Gasteiger partial charge on any atom is 0.340 e. The van der Waals surface area contributed by atoms with Crippen molar-refractivity contribution >= 4 is 35.2 Å². The van der Waals surface area contributed by atoms with Crippen LogP contribution in [0.15, 0.2) is 83.8 Å². The van der Waals surface area contributed by atoms with Crippen LogP contribution >= 0.6 is 11.8 Å². The van der Waals surface area contributed by atoms with Crippen molar-refractivity contribution in [2.75, 3.05) is 11.1 Å². The fourth-order valence-electron chi connectivity index (χ4n) is 2.83. The second-order valence-electron chi connectivity index (χ2n) is 6.80. The number of primary amides is 1. The molecule has 0 saturated heterocycles. The van der Waals surface area contributed by atoms with E-state index in [0.717, 1.165) is 17.3 Å². The van der Waals surface area contributed by atoms with Gasteiger partial charge >= 0.3 is 5.97 Å². The molecular weight excluding hydrogens is 412 g/mol. The Hall–Kier alpha value is -3.58. The molecule has 0 spiro atoms. The molecular formula is C24H22N2O4S. The van der Waals surface area contributed by atoms with Gasteiger partial charge in [-0.05, 0) is 31.2 Å². The fourth-order valence-corrected chi connectivity index (χ4v) is 3.61. The van der Waals surface area contributed by atoms with E-state index in [-0.39, 0.29) is 11.3 Å². The zero-order chi connectivity index (χ0) is 22.2. The summed E-state index contributed by atoms with van der Waals surface area (Å²) >= 11 is 1.14. The number of hydrogen-bond acceptors (Lipinski definition) is 5. The van der Waals surface area contributed by atoms with Gasteiger partial charge in [-0.25, -0.2) is 4.79 Å². The Bertz CT molecular complexity index is 1070. The highest BCUT2D eigenvalue weighted by Crippen LogP contribution is 2.27. The second-order valence-corrected chi connectivity index (χ2v) is 7.82. The van der Waals surface area contributed by atoms with Crippen LogP contribution in [0.5, 0.6) is 0 Å². The third kappa shape index (κ3) is 6.20. The molecule has 2 amide bonds. The van der Waals surface area contributed by atoms with Crippen LogP contribution in [0.1, 0.15) is 27.6 Å². The molecule has 1 atom stereocenters. The Morgan fingerprint density at radius 1 is 0.935 bits per heavy atom. The van der Waals surface area contributed by atoms with Crippen LogP contribution in [0.2, 0.25) is 0 Å². The van der Waals surface area contributed by atoms with Gasteiger partial charge in [0.25, 0.3) is 5.91 Å². The summed E-state index contributed by atoms with van der Waals surface area (Å²) < 4.78 is 5.65. The van der Waals surface area contributed by atoms with Crippen molar-refractivity contribution in [3.05, 3.63) is 95.6 Å². The first-order chi connectivity index (χ1) is 14.9. The van der Waals surface area contributed by atoms with Crippen LogP contribution in [0, 0.1) is 6.92 Å². The monoisotopic (exact) mass is 434 g/mol. The maximum atomic E-state index is 13.0. The average molecular weight is 435 g/mol. The molecule has 6 nitrogen and oxygen atoms in total. The van der Waals surface area contributed by atoms with Gasteiger partial charge in [0.15, 0.2) is 0 Å². The van der Waals surface area contributed by atoms with E-state index in [0.29, 0.717) is 16.1 Å². The minimum Gasteiger partial charge on any atom is -0.444 e. The molecule has 3 N–H and O–H groups in total. The predicted molar refractivity (Wildman–Crippen MR) is 121 cm³/mol. The van der Waals surface area contributed by atoms with E-state index in [2.05, 4.69) is 5.32 Å². The highest BCUT2D eigenvalue weighted by atomic mass is 32.2. The van der Waals surface area contributed by atoms with E-state index in [1.807, 2.05) is 25.1 Å². The molecule has 0 aliphatic rings. The number of carbonyl (C=O) groups excluding carboxylic acids is 3. The molecule has 0 aromatic heterocycles. The van der Waals surface area contributed by atoms with E-state index in [4.69, 9.17) is 10.5 Å². The Labute approximate surface area is 184 Å². The molecule has 0 unspecified atom stereocenters. The molecule has 3 rings (SSSR count). The van der Waals surface area contributed by atoms with Gasteiger partial charge in [-0.15, -0.1) is 11.8 Å². The third-order valence-corrected chi connectivity index (χ3v) is 5.46. The first-order valence-corrected chi connectivity index (χ1v) is 10.6. The number of rotatable bonds is 8. The van der Waals surface area contributed by atoms with Crippen molar-refractivity contribution in [2.24, 2.45) is 5.73 Å². The highest BCUT2D eigenvalue weighted by Gasteiger charge is 2.27. The molecule has 0 aliphatic heterocycles. The summed E-state index contributed by atoms with van der Waals surface area (Å²) in [7, 11) is 0. The molecule has 3 aromatic carbocycles. The normalized spacial score (nSPS) is 11.4. The van der Waals surface area contributed by atoms with Crippen molar-refractivity contribution in [2.45, 2.75) is 17.9 Å². The quantitative estimate of drug-likeness (QED) is 0.411. The second kappa shape index (κ2) is 10.4. The van der Waals surface area contributed by atoms with Crippen molar-refractivity contribution in [3.8, 4) is 0 Å². The molecule has 0 radical (unpaired) electrons. The first kappa shape index (κ1) is 22.1. The lowest BCUT2D eigenvalue weighted by atomic mass is 10.1. The molecule has 0 saturated carbocycles. The van der Waals surface area contributed by atoms with Crippen LogP contribution in [-0.2, 0) is 14.3 Å². The van der Waals surface area contributed by atoms with E-state index < -0.39 is 23.9 Å². The molecule has 0 heterocycles. The van der Waals surface area contributed by atoms with Gasteiger partial charge in [-0.2, -0.15) is 0 Å². The maximum absolute atomic E-state index is 13.0. The number of hydrogen-bond donors (Lipinski definition) is 2. The van der Waals surface area contributed by atoms with Gasteiger partial charge < -0.3 is 15.8 Å². The fraction of sp³-hybridized carbons (Fsp3) is 0.125. The SMILES string of the molecule is Cc1ccc(NC(=O)[C@H](OC(=O)c2ccccc2SCC(N)=O)c2ccccc2)cc1. The van der Waals surface area contributed by atoms with Crippen molar-refractivity contribution in [3.63, 3.8) is 0 Å². The number of ether oxygens (including phenoxy) is 1. The standard InChI is InChI=1S/C24H22N2O4S/c1-16-11-13-18(14-12-16)26-23(28)22(17-7-3-2-4-8-17)30-24(29)19-9-5-6-10-20(19)31-15-21(25)27/h2-14,22H,15H2,1H3,(H2,25,27)(H,26,28)/t22-/m1/s1. The molecule has 3 aromatic rings. The van der Waals surface area contributed by atoms with E-state index in [1.165, 1.54) is 0 Å². The number of carbonyl (C=O) groups is 3. The lowest BCUT2D eigenvalue weighted by Crippen LogP contribution is -2.26. The van der Waals surface area contributed by atoms with Gasteiger partial charge in [0.05, 0.1) is 11.3 Å². The Morgan fingerprint density at radius 3 is 2.26 bits per heavy atom. The third-order valence-electron chi connectivity index (χ3n) is 4.36. The topological polar surface area (TPSA) is 98.5 Å². The lowest BCUT2D eigenvalue weighted by Gasteiger charge is -2.19. The van der Waals surface area contributed by atoms with Gasteiger partial charge in [0, 0.05) is 16.1 Å². The van der Waals surface area contributed by atoms with Crippen LogP contribution in [-0.4, -0.2) is 23.5 Å². The lowest BCUT2D eigenvalue weighted by molar-refractivity contribution is -0.125. The largest absolute Gasteiger partial charge is 0.444 e. The number of amides is 2. The van der Waals surface area contributed by atoms with Gasteiger partial charge in [0.1, 0.15) is 0 Å². The zero-order valence-electron chi connectivity index (χ0n) is 16.9. The zero-order valence-corrected chi connectivity index (χ0v) is 17.7.